The molecule has 6 heteroatoms. The summed E-state index contributed by atoms with van der Waals surface area (Å²) in [4.78, 5) is 11.3. The Morgan fingerprint density at radius 1 is 1.05 bits per heavy atom. The maximum atomic E-state index is 11.3. The van der Waals surface area contributed by atoms with Crippen LogP contribution in [0.4, 0.5) is 0 Å². The quantitative estimate of drug-likeness (QED) is 0.333. The standard InChI is InChI=1S/C13H28O5Si/c1-6-12(14)18-13(7-2)15-11-19(10-5,16-8-3)17-9-4/h13H,6-11H2,1-5H3. The van der Waals surface area contributed by atoms with Gasteiger partial charge in [0.05, 0.1) is 6.23 Å². The predicted molar refractivity (Wildman–Crippen MR) is 75.9 cm³/mol. The number of rotatable bonds is 11. The Morgan fingerprint density at radius 2 is 1.63 bits per heavy atom. The summed E-state index contributed by atoms with van der Waals surface area (Å²) in [7, 11) is -2.32. The lowest BCUT2D eigenvalue weighted by Crippen LogP contribution is -2.48. The lowest BCUT2D eigenvalue weighted by atomic mass is 10.4. The van der Waals surface area contributed by atoms with Gasteiger partial charge >= 0.3 is 14.5 Å². The maximum Gasteiger partial charge on any atom is 0.364 e. The summed E-state index contributed by atoms with van der Waals surface area (Å²) in [5, 5.41) is 0. The number of hydrogen-bond donors (Lipinski definition) is 0. The topological polar surface area (TPSA) is 54.0 Å². The van der Waals surface area contributed by atoms with Crippen LogP contribution in [0.2, 0.25) is 6.04 Å². The molecule has 0 heterocycles. The van der Waals surface area contributed by atoms with E-state index in [-0.39, 0.29) is 5.97 Å². The zero-order chi connectivity index (χ0) is 14.7. The smallest absolute Gasteiger partial charge is 0.364 e. The third kappa shape index (κ3) is 7.05. The highest BCUT2D eigenvalue weighted by molar-refractivity contribution is 6.67. The minimum Gasteiger partial charge on any atom is -0.436 e. The molecule has 0 saturated heterocycles. The number of ether oxygens (including phenoxy) is 2. The van der Waals surface area contributed by atoms with Gasteiger partial charge < -0.3 is 18.3 Å². The van der Waals surface area contributed by atoms with Crippen molar-refractivity contribution in [1.29, 1.82) is 0 Å². The van der Waals surface area contributed by atoms with Crippen LogP contribution in [0.3, 0.4) is 0 Å². The number of esters is 1. The minimum atomic E-state index is -2.32. The van der Waals surface area contributed by atoms with Crippen molar-refractivity contribution in [2.24, 2.45) is 0 Å². The van der Waals surface area contributed by atoms with Gasteiger partial charge in [-0.1, -0.05) is 20.8 Å². The third-order valence-corrected chi connectivity index (χ3v) is 6.04. The molecular weight excluding hydrogens is 264 g/mol. The summed E-state index contributed by atoms with van der Waals surface area (Å²) in [6.07, 6.45) is 0.859. The predicted octanol–water partition coefficient (Wildman–Crippen LogP) is 2.77. The molecule has 0 aliphatic heterocycles. The Kier molecular flexibility index (Phi) is 10.1. The first-order valence-electron chi connectivity index (χ1n) is 7.16. The largest absolute Gasteiger partial charge is 0.436 e. The van der Waals surface area contributed by atoms with Gasteiger partial charge in [-0.2, -0.15) is 0 Å². The van der Waals surface area contributed by atoms with E-state index in [2.05, 4.69) is 0 Å². The van der Waals surface area contributed by atoms with E-state index in [9.17, 15) is 4.79 Å². The molecule has 0 aliphatic carbocycles. The zero-order valence-corrected chi connectivity index (χ0v) is 13.9. The molecule has 0 aromatic rings. The van der Waals surface area contributed by atoms with Crippen molar-refractivity contribution in [3.05, 3.63) is 0 Å². The summed E-state index contributed by atoms with van der Waals surface area (Å²) < 4.78 is 22.5. The average molecular weight is 292 g/mol. The fourth-order valence-corrected chi connectivity index (χ4v) is 4.00. The van der Waals surface area contributed by atoms with Crippen LogP contribution >= 0.6 is 0 Å². The summed E-state index contributed by atoms with van der Waals surface area (Å²) in [6.45, 7) is 10.8. The van der Waals surface area contributed by atoms with Gasteiger partial charge in [-0.25, -0.2) is 0 Å². The highest BCUT2D eigenvalue weighted by Gasteiger charge is 2.36. The highest BCUT2D eigenvalue weighted by Crippen LogP contribution is 2.16. The zero-order valence-electron chi connectivity index (χ0n) is 12.9. The molecule has 0 radical (unpaired) electrons. The molecule has 0 spiro atoms. The van der Waals surface area contributed by atoms with Gasteiger partial charge in [0.15, 0.2) is 0 Å². The first-order valence-corrected chi connectivity index (χ1v) is 9.39. The van der Waals surface area contributed by atoms with Gasteiger partial charge in [0, 0.05) is 26.1 Å². The Bertz CT molecular complexity index is 241. The molecule has 0 aromatic heterocycles. The van der Waals surface area contributed by atoms with Crippen LogP contribution in [0, 0.1) is 0 Å². The maximum absolute atomic E-state index is 11.3. The Labute approximate surface area is 117 Å². The fraction of sp³-hybridized carbons (Fsp3) is 0.923. The Morgan fingerprint density at radius 3 is 2.00 bits per heavy atom. The van der Waals surface area contributed by atoms with Gasteiger partial charge in [-0.15, -0.1) is 0 Å². The van der Waals surface area contributed by atoms with Crippen LogP contribution in [0.1, 0.15) is 47.5 Å². The van der Waals surface area contributed by atoms with E-state index in [1.165, 1.54) is 0 Å². The first-order chi connectivity index (χ1) is 9.07. The van der Waals surface area contributed by atoms with Crippen molar-refractivity contribution in [3.63, 3.8) is 0 Å². The van der Waals surface area contributed by atoms with Gasteiger partial charge in [0.25, 0.3) is 0 Å². The van der Waals surface area contributed by atoms with E-state index in [1.54, 1.807) is 6.92 Å². The van der Waals surface area contributed by atoms with Crippen LogP contribution in [-0.4, -0.2) is 40.3 Å². The molecule has 0 bridgehead atoms. The van der Waals surface area contributed by atoms with Crippen molar-refractivity contribution < 1.29 is 23.1 Å². The first kappa shape index (κ1) is 18.6. The second-order valence-corrected chi connectivity index (χ2v) is 7.52. The average Bonchev–Trinajstić information content (AvgIpc) is 2.43. The van der Waals surface area contributed by atoms with E-state index >= 15 is 0 Å². The summed E-state index contributed by atoms with van der Waals surface area (Å²) in [6, 6.07) is 0.812. The molecule has 5 nitrogen and oxygen atoms in total. The SMILES string of the molecule is CCO[Si](CC)(COC(CC)OC(=O)CC)OCC. The summed E-state index contributed by atoms with van der Waals surface area (Å²) >= 11 is 0. The molecule has 0 saturated carbocycles. The van der Waals surface area contributed by atoms with Crippen LogP contribution in [0.5, 0.6) is 0 Å². The Balaban J connectivity index is 4.44. The summed E-state index contributed by atoms with van der Waals surface area (Å²) in [5.74, 6) is -0.247. The molecule has 114 valence electrons. The molecule has 19 heavy (non-hydrogen) atoms. The normalized spacial score (nSPS) is 13.3. The summed E-state index contributed by atoms with van der Waals surface area (Å²) in [5.41, 5.74) is 0. The van der Waals surface area contributed by atoms with Crippen LogP contribution in [0.15, 0.2) is 0 Å². The molecular formula is C13H28O5Si. The van der Waals surface area contributed by atoms with Crippen LogP contribution in [0.25, 0.3) is 0 Å². The molecule has 0 aromatic carbocycles. The lowest BCUT2D eigenvalue weighted by Gasteiger charge is -2.30. The van der Waals surface area contributed by atoms with Crippen molar-refractivity contribution in [3.8, 4) is 0 Å². The van der Waals surface area contributed by atoms with Crippen molar-refractivity contribution in [1.82, 2.24) is 0 Å². The van der Waals surface area contributed by atoms with Crippen molar-refractivity contribution in [2.45, 2.75) is 59.8 Å². The monoisotopic (exact) mass is 292 g/mol. The number of carbonyl (C=O) groups excluding carboxylic acids is 1. The fourth-order valence-electron chi connectivity index (χ4n) is 1.64. The second-order valence-electron chi connectivity index (χ2n) is 4.12. The van der Waals surface area contributed by atoms with E-state index in [0.717, 1.165) is 6.04 Å². The van der Waals surface area contributed by atoms with E-state index < -0.39 is 14.9 Å². The molecule has 0 amide bonds. The molecule has 0 fully saturated rings. The lowest BCUT2D eigenvalue weighted by molar-refractivity contribution is -0.177. The van der Waals surface area contributed by atoms with Crippen molar-refractivity contribution >= 4 is 14.5 Å². The van der Waals surface area contributed by atoms with E-state index in [4.69, 9.17) is 18.3 Å². The van der Waals surface area contributed by atoms with E-state index in [1.807, 2.05) is 27.7 Å². The van der Waals surface area contributed by atoms with Gasteiger partial charge in [0.2, 0.25) is 6.29 Å². The third-order valence-electron chi connectivity index (χ3n) is 2.73. The molecule has 0 rings (SSSR count). The molecule has 1 unspecified atom stereocenters. The van der Waals surface area contributed by atoms with Crippen LogP contribution < -0.4 is 0 Å². The second kappa shape index (κ2) is 10.4. The molecule has 1 atom stereocenters. The highest BCUT2D eigenvalue weighted by atomic mass is 28.4. The van der Waals surface area contributed by atoms with Crippen LogP contribution in [-0.2, 0) is 23.1 Å². The number of hydrogen-bond acceptors (Lipinski definition) is 5. The van der Waals surface area contributed by atoms with Gasteiger partial charge in [-0.05, 0) is 19.9 Å². The molecule has 0 aliphatic rings. The minimum absolute atomic E-state index is 0.247. The molecule has 0 N–H and O–H groups in total. The van der Waals surface area contributed by atoms with Gasteiger partial charge in [-0.3, -0.25) is 4.79 Å². The van der Waals surface area contributed by atoms with Crippen molar-refractivity contribution in [2.75, 3.05) is 19.4 Å². The van der Waals surface area contributed by atoms with Gasteiger partial charge in [0.1, 0.15) is 0 Å². The van der Waals surface area contributed by atoms with E-state index in [0.29, 0.717) is 32.3 Å². The number of carbonyl (C=O) groups is 1. The Hall–Kier alpha value is -0.433.